The number of nitrogens with zero attached hydrogens (tertiary/aromatic N) is 1. The third-order valence-corrected chi connectivity index (χ3v) is 5.46. The Balaban J connectivity index is 0.000000479. The fraction of sp³-hybridized carbons (Fsp3) is 0.389. The van der Waals surface area contributed by atoms with E-state index in [9.17, 15) is 35.9 Å². The number of nitrogens with one attached hydrogen (secondary N) is 1. The van der Waals surface area contributed by atoms with E-state index < -0.39 is 35.0 Å². The number of alkyl halides is 6. The lowest BCUT2D eigenvalue weighted by molar-refractivity contribution is -0.192. The number of nitrogens with two attached hydrogens (primary N) is 1. The molecule has 0 aromatic heterocycles. The van der Waals surface area contributed by atoms with E-state index in [0.717, 1.165) is 25.0 Å². The molecule has 33 heavy (non-hydrogen) atoms. The van der Waals surface area contributed by atoms with Gasteiger partial charge in [0.2, 0.25) is 0 Å². The van der Waals surface area contributed by atoms with Gasteiger partial charge >= 0.3 is 18.3 Å². The lowest BCUT2D eigenvalue weighted by Crippen LogP contribution is -2.43. The highest BCUT2D eigenvalue weighted by Crippen LogP contribution is 2.40. The number of carbonyl (C=O) groups is 3. The number of rotatable bonds is 2. The summed E-state index contributed by atoms with van der Waals surface area (Å²) in [7, 11) is 0. The summed E-state index contributed by atoms with van der Waals surface area (Å²) >= 11 is 6.82. The molecule has 0 radical (unpaired) electrons. The molecule has 2 aliphatic rings. The summed E-state index contributed by atoms with van der Waals surface area (Å²) in [5.74, 6) is -3.40. The Bertz CT molecular complexity index is 983. The van der Waals surface area contributed by atoms with Crippen LogP contribution in [0.15, 0.2) is 17.0 Å². The van der Waals surface area contributed by atoms with Gasteiger partial charge in [0.25, 0.3) is 11.1 Å². The van der Waals surface area contributed by atoms with E-state index in [4.69, 9.17) is 27.2 Å². The Morgan fingerprint density at radius 2 is 1.85 bits per heavy atom. The van der Waals surface area contributed by atoms with Crippen molar-refractivity contribution in [3.05, 3.63) is 33.2 Å². The van der Waals surface area contributed by atoms with Crippen LogP contribution in [0.1, 0.15) is 24.0 Å². The van der Waals surface area contributed by atoms with Gasteiger partial charge in [-0.15, -0.1) is 0 Å². The van der Waals surface area contributed by atoms with Crippen molar-refractivity contribution in [2.75, 3.05) is 18.0 Å². The second-order valence-electron chi connectivity index (χ2n) is 6.90. The van der Waals surface area contributed by atoms with Crippen molar-refractivity contribution >= 4 is 52.2 Å². The number of benzene rings is 1. The highest BCUT2D eigenvalue weighted by atomic mass is 35.5. The Kier molecular flexibility index (Phi) is 8.30. The van der Waals surface area contributed by atoms with Crippen LogP contribution in [0.2, 0.25) is 5.02 Å². The van der Waals surface area contributed by atoms with Gasteiger partial charge in [-0.1, -0.05) is 11.6 Å². The van der Waals surface area contributed by atoms with Crippen LogP contribution in [0.4, 0.5) is 36.8 Å². The standard InChI is InChI=1S/C16H15ClF3N3O2S.C2HF3O2/c17-11-6-9(16(18,19)20)4-8(5-12-14(24)22-15(25)26-12)13(11)23-3-1-2-10(21)7-23;3-2(4,5)1(6)7/h4-6,10H,1-3,7,21H2,(H,22,24,25);(H,6,7)/b12-5-;. The maximum Gasteiger partial charge on any atom is 0.490 e. The predicted molar refractivity (Wildman–Crippen MR) is 109 cm³/mol. The Morgan fingerprint density at radius 1 is 1.24 bits per heavy atom. The minimum Gasteiger partial charge on any atom is -0.475 e. The number of hydrogen-bond donors (Lipinski definition) is 3. The van der Waals surface area contributed by atoms with Gasteiger partial charge in [-0.3, -0.25) is 14.9 Å². The van der Waals surface area contributed by atoms with Gasteiger partial charge in [0.15, 0.2) is 0 Å². The number of aliphatic carboxylic acids is 1. The van der Waals surface area contributed by atoms with Crippen LogP contribution >= 0.6 is 23.4 Å². The van der Waals surface area contributed by atoms with Crippen LogP contribution in [-0.2, 0) is 15.8 Å². The molecule has 4 N–H and O–H groups in total. The average molecular weight is 520 g/mol. The average Bonchev–Trinajstić information content (AvgIpc) is 2.97. The summed E-state index contributed by atoms with van der Waals surface area (Å²) in [6.07, 6.45) is -6.81. The van der Waals surface area contributed by atoms with Crippen LogP contribution in [0, 0.1) is 0 Å². The third kappa shape index (κ3) is 7.27. The van der Waals surface area contributed by atoms with Crippen molar-refractivity contribution in [3.63, 3.8) is 0 Å². The second-order valence-corrected chi connectivity index (χ2v) is 8.32. The number of piperidine rings is 1. The number of imide groups is 1. The van der Waals surface area contributed by atoms with Crippen molar-refractivity contribution in [2.45, 2.75) is 31.2 Å². The molecule has 2 aliphatic heterocycles. The number of hydrogen-bond acceptors (Lipinski definition) is 6. The zero-order valence-electron chi connectivity index (χ0n) is 16.4. The number of thioether (sulfide) groups is 1. The summed E-state index contributed by atoms with van der Waals surface area (Å²) in [5.41, 5.74) is 5.57. The molecule has 1 unspecified atom stereocenters. The first kappa shape index (κ1) is 26.8. The largest absolute Gasteiger partial charge is 0.490 e. The molecule has 2 amide bonds. The molecule has 0 aliphatic carbocycles. The van der Waals surface area contributed by atoms with Crippen molar-refractivity contribution in [2.24, 2.45) is 5.73 Å². The molecular formula is C18H16ClF6N3O4S. The Morgan fingerprint density at radius 3 is 2.30 bits per heavy atom. The lowest BCUT2D eigenvalue weighted by Gasteiger charge is -2.34. The summed E-state index contributed by atoms with van der Waals surface area (Å²) in [4.78, 5) is 33.9. The molecule has 2 heterocycles. The molecule has 7 nitrogen and oxygen atoms in total. The van der Waals surface area contributed by atoms with E-state index in [0.29, 0.717) is 30.5 Å². The second kappa shape index (κ2) is 10.2. The molecule has 0 spiro atoms. The summed E-state index contributed by atoms with van der Waals surface area (Å²) in [6.45, 7) is 1.03. The van der Waals surface area contributed by atoms with Crippen molar-refractivity contribution < 1.29 is 45.8 Å². The number of carbonyl (C=O) groups excluding carboxylic acids is 2. The summed E-state index contributed by atoms with van der Waals surface area (Å²) in [6, 6.07) is 1.69. The monoisotopic (exact) mass is 519 g/mol. The molecule has 0 saturated carbocycles. The van der Waals surface area contributed by atoms with Crippen LogP contribution in [0.25, 0.3) is 6.08 Å². The van der Waals surface area contributed by atoms with E-state index in [-0.39, 0.29) is 21.5 Å². The third-order valence-electron chi connectivity index (χ3n) is 4.37. The maximum atomic E-state index is 13.2. The van der Waals surface area contributed by atoms with Gasteiger partial charge < -0.3 is 15.7 Å². The number of amides is 2. The molecule has 15 heteroatoms. The van der Waals surface area contributed by atoms with Gasteiger partial charge in [0, 0.05) is 24.7 Å². The topological polar surface area (TPSA) is 113 Å². The van der Waals surface area contributed by atoms with Crippen LogP contribution in [0.3, 0.4) is 0 Å². The number of anilines is 1. The van der Waals surface area contributed by atoms with Gasteiger partial charge in [-0.2, -0.15) is 26.3 Å². The van der Waals surface area contributed by atoms with E-state index in [1.54, 1.807) is 0 Å². The minimum atomic E-state index is -5.08. The highest BCUT2D eigenvalue weighted by Gasteiger charge is 2.38. The molecule has 0 bridgehead atoms. The molecule has 2 saturated heterocycles. The van der Waals surface area contributed by atoms with E-state index in [1.807, 2.05) is 4.90 Å². The van der Waals surface area contributed by atoms with Crippen LogP contribution in [-0.4, -0.2) is 47.5 Å². The normalized spacial score (nSPS) is 20.4. The van der Waals surface area contributed by atoms with Gasteiger partial charge in [-0.05, 0) is 42.8 Å². The molecule has 1 atom stereocenters. The van der Waals surface area contributed by atoms with Crippen LogP contribution in [0.5, 0.6) is 0 Å². The van der Waals surface area contributed by atoms with E-state index in [2.05, 4.69) is 5.32 Å². The zero-order chi connectivity index (χ0) is 25.1. The molecule has 3 rings (SSSR count). The molecule has 2 fully saturated rings. The number of carboxylic acid groups (broad SMARTS) is 1. The number of halogens is 7. The summed E-state index contributed by atoms with van der Waals surface area (Å²) in [5, 5.41) is 8.56. The quantitative estimate of drug-likeness (QED) is 0.395. The fourth-order valence-corrected chi connectivity index (χ4v) is 4.02. The lowest BCUT2D eigenvalue weighted by atomic mass is 10.0. The SMILES string of the molecule is NC1CCCN(c2c(Cl)cc(C(F)(F)F)cc2/C=C2\SC(=O)NC2=O)C1.O=C(O)C(F)(F)F. The van der Waals surface area contributed by atoms with Crippen molar-refractivity contribution in [3.8, 4) is 0 Å². The first-order chi connectivity index (χ1) is 15.1. The predicted octanol–water partition coefficient (Wildman–Crippen LogP) is 4.24. The fourth-order valence-electron chi connectivity index (χ4n) is 3.00. The van der Waals surface area contributed by atoms with Crippen LogP contribution < -0.4 is 16.0 Å². The van der Waals surface area contributed by atoms with Crippen molar-refractivity contribution in [1.29, 1.82) is 0 Å². The van der Waals surface area contributed by atoms with E-state index in [1.165, 1.54) is 6.08 Å². The molecule has 182 valence electrons. The molecule has 1 aromatic rings. The van der Waals surface area contributed by atoms with E-state index >= 15 is 0 Å². The highest BCUT2D eigenvalue weighted by molar-refractivity contribution is 8.18. The first-order valence-electron chi connectivity index (χ1n) is 9.06. The minimum absolute atomic E-state index is 0.0212. The smallest absolute Gasteiger partial charge is 0.475 e. The Labute approximate surface area is 191 Å². The molecule has 1 aromatic carbocycles. The first-order valence-corrected chi connectivity index (χ1v) is 10.2. The van der Waals surface area contributed by atoms with Gasteiger partial charge in [0.1, 0.15) is 0 Å². The number of carboxylic acids is 1. The zero-order valence-corrected chi connectivity index (χ0v) is 18.0. The Hall–Kier alpha value is -2.45. The maximum absolute atomic E-state index is 13.2. The van der Waals surface area contributed by atoms with Crippen molar-refractivity contribution in [1.82, 2.24) is 5.32 Å². The van der Waals surface area contributed by atoms with Gasteiger partial charge in [0.05, 0.1) is 21.2 Å². The summed E-state index contributed by atoms with van der Waals surface area (Å²) < 4.78 is 71.3. The van der Waals surface area contributed by atoms with Gasteiger partial charge in [-0.25, -0.2) is 4.79 Å². The molecular weight excluding hydrogens is 504 g/mol.